The molecule has 2 heterocycles. The third kappa shape index (κ3) is 6.16. The van der Waals surface area contributed by atoms with Gasteiger partial charge in [0.25, 0.3) is 0 Å². The van der Waals surface area contributed by atoms with Crippen molar-refractivity contribution >= 4 is 119 Å². The van der Waals surface area contributed by atoms with E-state index in [-0.39, 0.29) is 0 Å². The first-order valence-electron chi connectivity index (χ1n) is 22.2. The van der Waals surface area contributed by atoms with Gasteiger partial charge in [0.05, 0.1) is 22.1 Å². The van der Waals surface area contributed by atoms with E-state index in [0.717, 1.165) is 54.0 Å². The van der Waals surface area contributed by atoms with Crippen LogP contribution >= 0.6 is 31.9 Å². The molecule has 0 N–H and O–H groups in total. The van der Waals surface area contributed by atoms with Gasteiger partial charge in [0.15, 0.2) is 0 Å². The smallest absolute Gasteiger partial charge is 0.111 e. The molecule has 2 aromatic heterocycles. The highest BCUT2D eigenvalue weighted by molar-refractivity contribution is 9.10. The maximum atomic E-state index is 5.07. The number of fused-ring (bicyclic) bond motifs is 2. The molecule has 0 atom stereocenters. The quantitative estimate of drug-likeness (QED) is 0.165. The second-order valence-electron chi connectivity index (χ2n) is 17.3. The Kier molecular flexibility index (Phi) is 8.93. The van der Waals surface area contributed by atoms with Gasteiger partial charge < -0.3 is 0 Å². The zero-order chi connectivity index (χ0) is 44.2. The lowest BCUT2D eigenvalue weighted by atomic mass is 9.90. The van der Waals surface area contributed by atoms with Crippen LogP contribution in [0.2, 0.25) is 0 Å². The predicted octanol–water partition coefficient (Wildman–Crippen LogP) is 17.3. The number of aromatic nitrogens is 4. The van der Waals surface area contributed by atoms with Crippen molar-refractivity contribution in [1.29, 1.82) is 0 Å². The molecule has 312 valence electrons. The fourth-order valence-corrected chi connectivity index (χ4v) is 11.2. The Bertz CT molecular complexity index is 4170. The predicted molar refractivity (Wildman–Crippen MR) is 285 cm³/mol. The molecule has 0 aliphatic heterocycles. The first kappa shape index (κ1) is 39.0. The zero-order valence-corrected chi connectivity index (χ0v) is 39.2. The van der Waals surface area contributed by atoms with Crippen molar-refractivity contribution in [2.45, 2.75) is 13.8 Å². The third-order valence-electron chi connectivity index (χ3n) is 13.5. The molecule has 66 heavy (non-hydrogen) atoms. The van der Waals surface area contributed by atoms with E-state index in [1.54, 1.807) is 0 Å². The van der Waals surface area contributed by atoms with Crippen LogP contribution < -0.4 is 0 Å². The van der Waals surface area contributed by atoms with Crippen LogP contribution in [-0.4, -0.2) is 19.1 Å². The van der Waals surface area contributed by atoms with Crippen LogP contribution in [0, 0.1) is 13.8 Å². The van der Waals surface area contributed by atoms with Gasteiger partial charge in [-0.05, 0) is 167 Å². The van der Waals surface area contributed by atoms with Crippen LogP contribution in [0.4, 0.5) is 0 Å². The summed E-state index contributed by atoms with van der Waals surface area (Å²) in [5, 5.41) is 15.7. The molecule has 14 aromatic rings. The molecule has 0 bridgehead atoms. The molecule has 4 nitrogen and oxygen atoms in total. The van der Waals surface area contributed by atoms with Crippen molar-refractivity contribution in [3.63, 3.8) is 0 Å². The molecule has 0 aliphatic rings. The van der Waals surface area contributed by atoms with Gasteiger partial charge in [-0.3, -0.25) is 9.13 Å². The number of benzene rings is 12. The van der Waals surface area contributed by atoms with Crippen molar-refractivity contribution in [3.05, 3.63) is 215 Å². The topological polar surface area (TPSA) is 35.6 Å². The second-order valence-corrected chi connectivity index (χ2v) is 19.1. The van der Waals surface area contributed by atoms with E-state index in [2.05, 4.69) is 223 Å². The molecule has 0 aliphatic carbocycles. The van der Waals surface area contributed by atoms with Crippen LogP contribution in [-0.2, 0) is 0 Å². The van der Waals surface area contributed by atoms with Gasteiger partial charge in [-0.2, -0.15) is 0 Å². The Balaban J connectivity index is 0.000000203. The molecule has 14 rings (SSSR count). The molecule has 0 fully saturated rings. The minimum atomic E-state index is 0.980. The molecule has 0 saturated heterocycles. The Morgan fingerprint density at radius 2 is 0.742 bits per heavy atom. The van der Waals surface area contributed by atoms with Gasteiger partial charge in [-0.1, -0.05) is 159 Å². The van der Waals surface area contributed by atoms with Gasteiger partial charge in [0.2, 0.25) is 0 Å². The van der Waals surface area contributed by atoms with E-state index in [9.17, 15) is 0 Å². The SMILES string of the molecule is Cc1nc2cc(-c3ccc4ccc5cccc6ccc3c4c56)ccc2n1-c1ccc(-c2ccc3ccc4cccc5ccc2c3c45)cc1.Cc1nc2cc(Br)ccc2n1-c1ccc(Br)cc1. The Morgan fingerprint density at radius 3 is 1.27 bits per heavy atom. The molecule has 0 amide bonds. The largest absolute Gasteiger partial charge is 0.297 e. The van der Waals surface area contributed by atoms with Gasteiger partial charge >= 0.3 is 0 Å². The van der Waals surface area contributed by atoms with Gasteiger partial charge in [0, 0.05) is 20.3 Å². The average molecular weight is 975 g/mol. The normalized spacial score (nSPS) is 11.9. The summed E-state index contributed by atoms with van der Waals surface area (Å²) in [7, 11) is 0. The Labute approximate surface area is 397 Å². The third-order valence-corrected chi connectivity index (χ3v) is 14.5. The summed E-state index contributed by atoms with van der Waals surface area (Å²) in [5.41, 5.74) is 11.4. The first-order valence-corrected chi connectivity index (χ1v) is 23.8. The lowest BCUT2D eigenvalue weighted by Gasteiger charge is -2.15. The van der Waals surface area contributed by atoms with E-state index < -0.39 is 0 Å². The summed E-state index contributed by atoms with van der Waals surface area (Å²) < 4.78 is 6.57. The molecule has 0 unspecified atom stereocenters. The van der Waals surface area contributed by atoms with Crippen molar-refractivity contribution in [3.8, 4) is 33.6 Å². The van der Waals surface area contributed by atoms with Crippen molar-refractivity contribution in [2.24, 2.45) is 0 Å². The summed E-state index contributed by atoms with van der Waals surface area (Å²) in [5.74, 6) is 1.97. The minimum Gasteiger partial charge on any atom is -0.297 e. The Hall–Kier alpha value is -7.38. The van der Waals surface area contributed by atoms with Crippen LogP contribution in [0.3, 0.4) is 0 Å². The lowest BCUT2D eigenvalue weighted by molar-refractivity contribution is 1.00. The highest BCUT2D eigenvalue weighted by atomic mass is 79.9. The van der Waals surface area contributed by atoms with E-state index in [4.69, 9.17) is 4.98 Å². The van der Waals surface area contributed by atoms with Crippen LogP contribution in [0.25, 0.3) is 120 Å². The summed E-state index contributed by atoms with van der Waals surface area (Å²) in [6, 6.07) is 70.5. The highest BCUT2D eigenvalue weighted by Crippen LogP contribution is 2.42. The number of halogens is 2. The number of hydrogen-bond donors (Lipinski definition) is 0. The fourth-order valence-electron chi connectivity index (χ4n) is 10.5. The van der Waals surface area contributed by atoms with E-state index >= 15 is 0 Å². The Morgan fingerprint density at radius 1 is 0.348 bits per heavy atom. The summed E-state index contributed by atoms with van der Waals surface area (Å²) in [6.45, 7) is 4.13. The molecule has 6 heteroatoms. The summed E-state index contributed by atoms with van der Waals surface area (Å²) in [4.78, 5) is 9.66. The van der Waals surface area contributed by atoms with Crippen LogP contribution in [0.5, 0.6) is 0 Å². The van der Waals surface area contributed by atoms with Crippen molar-refractivity contribution in [1.82, 2.24) is 19.1 Å². The molecule has 0 radical (unpaired) electrons. The van der Waals surface area contributed by atoms with Gasteiger partial charge in [-0.15, -0.1) is 0 Å². The first-order chi connectivity index (χ1) is 32.3. The van der Waals surface area contributed by atoms with E-state index in [0.29, 0.717) is 0 Å². The number of hydrogen-bond acceptors (Lipinski definition) is 2. The summed E-state index contributed by atoms with van der Waals surface area (Å²) in [6.07, 6.45) is 0. The van der Waals surface area contributed by atoms with Gasteiger partial charge in [0.1, 0.15) is 11.6 Å². The van der Waals surface area contributed by atoms with Gasteiger partial charge in [-0.25, -0.2) is 9.97 Å². The van der Waals surface area contributed by atoms with E-state index in [1.165, 1.54) is 86.9 Å². The number of imidazole rings is 2. The van der Waals surface area contributed by atoms with Crippen LogP contribution in [0.1, 0.15) is 11.6 Å². The number of nitrogens with zero attached hydrogens (tertiary/aromatic N) is 4. The summed E-state index contributed by atoms with van der Waals surface area (Å²) >= 11 is 6.93. The minimum absolute atomic E-state index is 0.980. The van der Waals surface area contributed by atoms with E-state index in [1.807, 2.05) is 31.2 Å². The zero-order valence-electron chi connectivity index (χ0n) is 36.0. The number of rotatable bonds is 4. The molecule has 0 saturated carbocycles. The standard InChI is InChI=1S/C46H28N2.C14H10Br2N2/c1-27-47-41-26-35(38-22-15-34-11-9-30-5-3-7-32-17-24-40(38)46(34)44(30)32)18-25-42(41)48(27)36-19-12-28(13-20-36)37-21-14-33-10-8-29-4-2-6-31-16-23-39(37)45(33)43(29)31;1-9-17-13-8-11(16)4-7-14(13)18(9)12-5-2-10(15)3-6-12/h2-26H,1H3;2-8H,1H3. The van der Waals surface area contributed by atoms with Crippen molar-refractivity contribution in [2.75, 3.05) is 0 Å². The molecule has 12 aromatic carbocycles. The maximum absolute atomic E-state index is 5.07. The highest BCUT2D eigenvalue weighted by Gasteiger charge is 2.17. The maximum Gasteiger partial charge on any atom is 0.111 e. The lowest BCUT2D eigenvalue weighted by Crippen LogP contribution is -1.97. The second kappa shape index (κ2) is 15.1. The molecule has 0 spiro atoms. The monoisotopic (exact) mass is 972 g/mol. The molecular formula is C60H38Br2N4. The average Bonchev–Trinajstić information content (AvgIpc) is 3.86. The molecular weight excluding hydrogens is 936 g/mol. The van der Waals surface area contributed by atoms with Crippen LogP contribution in [0.15, 0.2) is 203 Å². The number of aryl methyl sites for hydroxylation is 2. The fraction of sp³-hybridized carbons (Fsp3) is 0.0333. The van der Waals surface area contributed by atoms with Crippen molar-refractivity contribution < 1.29 is 0 Å².